The number of nitrogen functional groups attached to an aromatic ring is 2. The summed E-state index contributed by atoms with van der Waals surface area (Å²) in [5, 5.41) is 0. The number of ether oxygens (including phenoxy) is 3. The molecule has 0 bridgehead atoms. The minimum Gasteiger partial charge on any atom is -0.390 e. The second-order valence-corrected chi connectivity index (χ2v) is 5.86. The number of aromatic amines is 1. The second-order valence-electron chi connectivity index (χ2n) is 5.86. The largest absolute Gasteiger partial charge is 0.390 e. The summed E-state index contributed by atoms with van der Waals surface area (Å²) in [5.74, 6) is -0.720. The van der Waals surface area contributed by atoms with Crippen molar-refractivity contribution in [1.82, 2.24) is 24.9 Å². The highest BCUT2D eigenvalue weighted by molar-refractivity contribution is 5.86. The van der Waals surface area contributed by atoms with Crippen LogP contribution in [0.15, 0.2) is 36.9 Å². The van der Waals surface area contributed by atoms with Crippen molar-refractivity contribution in [3.63, 3.8) is 0 Å². The molecule has 0 spiro atoms. The van der Waals surface area contributed by atoms with Crippen LogP contribution >= 0.6 is 0 Å². The Morgan fingerprint density at radius 1 is 0.970 bits per heavy atom. The number of esters is 2. The maximum atomic E-state index is 10.5. The molecule has 0 aliphatic rings. The quantitative estimate of drug-likeness (QED) is 0.358. The summed E-state index contributed by atoms with van der Waals surface area (Å²) >= 11 is 0. The van der Waals surface area contributed by atoms with Crippen molar-refractivity contribution in [2.45, 2.75) is 20.3 Å². The molecule has 3 heterocycles. The van der Waals surface area contributed by atoms with Gasteiger partial charge in [-0.25, -0.2) is 14.6 Å². The number of pyridine rings is 1. The molecule has 0 amide bonds. The zero-order valence-corrected chi connectivity index (χ0v) is 19.0. The molecule has 3 rings (SSSR count). The standard InChI is InChI=1S/C6H10O5.C5H6N6.C5H5N.C4H8O/c1-9-3-5(7)11-6(8)4-10-2;6-3-2-4(9-1-8-2)11-5(7)10-3;1-2-4-6-5-3-1;1-3-4(2)5/h3-4H2,1-2H3;1H,(H5,6,7,8,9,10,11);1-5H;3H2,1-2H3. The zero-order valence-electron chi connectivity index (χ0n) is 19.0. The van der Waals surface area contributed by atoms with E-state index < -0.39 is 11.9 Å². The SMILES string of the molecule is CCC(C)=O.COCC(=O)OC(=O)COC.Nc1nc(N)c2nc[nH]c2n1.c1ccncc1. The second kappa shape index (κ2) is 17.7. The number of methoxy groups -OCH3 is 2. The molecule has 0 unspecified atom stereocenters. The monoisotopic (exact) mass is 463 g/mol. The fraction of sp³-hybridized carbons (Fsp3) is 0.350. The maximum Gasteiger partial charge on any atom is 0.339 e. The highest BCUT2D eigenvalue weighted by Gasteiger charge is 2.08. The minimum absolute atomic E-state index is 0.152. The Labute approximate surface area is 190 Å². The summed E-state index contributed by atoms with van der Waals surface area (Å²) in [4.78, 5) is 48.9. The zero-order chi connectivity index (χ0) is 25.1. The summed E-state index contributed by atoms with van der Waals surface area (Å²) in [6.45, 7) is 2.98. The van der Waals surface area contributed by atoms with E-state index in [1.165, 1.54) is 20.5 Å². The molecular formula is C20H29N7O6. The van der Waals surface area contributed by atoms with Crippen LogP contribution in [0.25, 0.3) is 11.2 Å². The first-order valence-corrected chi connectivity index (χ1v) is 9.52. The Bertz CT molecular complexity index is 923. The van der Waals surface area contributed by atoms with E-state index in [4.69, 9.17) is 11.5 Å². The number of nitrogens with one attached hydrogen (secondary N) is 1. The van der Waals surface area contributed by atoms with Crippen LogP contribution in [-0.2, 0) is 28.6 Å². The van der Waals surface area contributed by atoms with Crippen molar-refractivity contribution in [2.24, 2.45) is 0 Å². The first-order chi connectivity index (χ1) is 15.7. The van der Waals surface area contributed by atoms with Gasteiger partial charge in [-0.3, -0.25) is 4.98 Å². The van der Waals surface area contributed by atoms with E-state index in [2.05, 4.69) is 39.1 Å². The molecule has 0 saturated carbocycles. The van der Waals surface area contributed by atoms with Crippen LogP contribution in [0.1, 0.15) is 20.3 Å². The van der Waals surface area contributed by atoms with Crippen molar-refractivity contribution in [3.05, 3.63) is 36.9 Å². The molecule has 3 aromatic rings. The van der Waals surface area contributed by atoms with Gasteiger partial charge in [-0.2, -0.15) is 9.97 Å². The lowest BCUT2D eigenvalue weighted by Gasteiger charge is -1.99. The van der Waals surface area contributed by atoms with Gasteiger partial charge in [0.15, 0.2) is 11.5 Å². The van der Waals surface area contributed by atoms with Gasteiger partial charge in [0.1, 0.15) is 24.5 Å². The third kappa shape index (κ3) is 14.6. The number of aromatic nitrogens is 5. The van der Waals surface area contributed by atoms with Crippen molar-refractivity contribution in [3.8, 4) is 0 Å². The van der Waals surface area contributed by atoms with Crippen LogP contribution in [0, 0.1) is 0 Å². The van der Waals surface area contributed by atoms with Crippen molar-refractivity contribution >= 4 is 40.7 Å². The fourth-order valence-corrected chi connectivity index (χ4v) is 1.61. The number of nitrogens with zero attached hydrogens (tertiary/aromatic N) is 4. The van der Waals surface area contributed by atoms with Crippen LogP contribution in [0.3, 0.4) is 0 Å². The average Bonchev–Trinajstić information content (AvgIpc) is 3.25. The first kappa shape index (κ1) is 29.0. The van der Waals surface area contributed by atoms with Crippen molar-refractivity contribution in [2.75, 3.05) is 38.9 Å². The van der Waals surface area contributed by atoms with Gasteiger partial charge in [0.25, 0.3) is 0 Å². The van der Waals surface area contributed by atoms with Crippen LogP contribution < -0.4 is 11.5 Å². The van der Waals surface area contributed by atoms with Gasteiger partial charge in [-0.05, 0) is 19.1 Å². The summed E-state index contributed by atoms with van der Waals surface area (Å²) in [5.41, 5.74) is 11.9. The van der Waals surface area contributed by atoms with Gasteiger partial charge < -0.3 is 35.5 Å². The predicted octanol–water partition coefficient (Wildman–Crippen LogP) is 0.933. The number of H-pyrrole nitrogens is 1. The Hall–Kier alpha value is -3.97. The number of ketones is 1. The van der Waals surface area contributed by atoms with Crippen molar-refractivity contribution in [1.29, 1.82) is 0 Å². The van der Waals surface area contributed by atoms with Gasteiger partial charge in [-0.1, -0.05) is 13.0 Å². The predicted molar refractivity (Wildman–Crippen MR) is 121 cm³/mol. The molecule has 33 heavy (non-hydrogen) atoms. The van der Waals surface area contributed by atoms with Crippen LogP contribution in [0.4, 0.5) is 11.8 Å². The van der Waals surface area contributed by atoms with E-state index in [1.54, 1.807) is 19.3 Å². The molecule has 13 heteroatoms. The van der Waals surface area contributed by atoms with E-state index in [0.717, 1.165) is 0 Å². The van der Waals surface area contributed by atoms with Crippen LogP contribution in [0.2, 0.25) is 0 Å². The lowest BCUT2D eigenvalue weighted by molar-refractivity contribution is -0.164. The summed E-state index contributed by atoms with van der Waals surface area (Å²) in [6, 6.07) is 5.72. The van der Waals surface area contributed by atoms with E-state index in [1.807, 2.05) is 25.1 Å². The van der Waals surface area contributed by atoms with Gasteiger partial charge in [0, 0.05) is 33.0 Å². The smallest absolute Gasteiger partial charge is 0.339 e. The van der Waals surface area contributed by atoms with Crippen LogP contribution in [0.5, 0.6) is 0 Å². The highest BCUT2D eigenvalue weighted by atomic mass is 16.6. The number of rotatable bonds is 5. The molecule has 0 aliphatic carbocycles. The molecule has 0 fully saturated rings. The summed E-state index contributed by atoms with van der Waals surface area (Å²) in [7, 11) is 2.67. The molecule has 180 valence electrons. The number of hydrogen-bond donors (Lipinski definition) is 3. The first-order valence-electron chi connectivity index (χ1n) is 9.52. The number of carbonyl (C=O) groups excluding carboxylic acids is 3. The molecule has 0 atom stereocenters. The summed E-state index contributed by atoms with van der Waals surface area (Å²) in [6.07, 6.45) is 5.66. The van der Waals surface area contributed by atoms with Crippen LogP contribution in [-0.4, -0.2) is 70.1 Å². The van der Waals surface area contributed by atoms with Gasteiger partial charge in [0.2, 0.25) is 5.95 Å². The third-order valence-electron chi connectivity index (χ3n) is 3.14. The molecule has 0 aliphatic heterocycles. The Morgan fingerprint density at radius 3 is 1.91 bits per heavy atom. The normalized spacial score (nSPS) is 9.21. The maximum absolute atomic E-state index is 10.5. The lowest BCUT2D eigenvalue weighted by Crippen LogP contribution is -2.19. The molecular weight excluding hydrogens is 434 g/mol. The van der Waals surface area contributed by atoms with E-state index in [-0.39, 0.29) is 24.9 Å². The van der Waals surface area contributed by atoms with Crippen molar-refractivity contribution < 1.29 is 28.6 Å². The number of imidazole rings is 1. The van der Waals surface area contributed by atoms with Gasteiger partial charge in [-0.15, -0.1) is 0 Å². The lowest BCUT2D eigenvalue weighted by atomic mass is 10.4. The molecule has 3 aromatic heterocycles. The molecule has 13 nitrogen and oxygen atoms in total. The third-order valence-corrected chi connectivity index (χ3v) is 3.14. The van der Waals surface area contributed by atoms with Gasteiger partial charge >= 0.3 is 11.9 Å². The Balaban J connectivity index is 0.000000437. The molecule has 5 N–H and O–H groups in total. The number of fused-ring (bicyclic) bond motifs is 1. The Morgan fingerprint density at radius 2 is 1.52 bits per heavy atom. The van der Waals surface area contributed by atoms with E-state index >= 15 is 0 Å². The molecule has 0 radical (unpaired) electrons. The topological polar surface area (TPSA) is 198 Å². The van der Waals surface area contributed by atoms with E-state index in [0.29, 0.717) is 23.4 Å². The number of anilines is 2. The highest BCUT2D eigenvalue weighted by Crippen LogP contribution is 2.12. The number of hydrogen-bond acceptors (Lipinski definition) is 12. The van der Waals surface area contributed by atoms with E-state index in [9.17, 15) is 14.4 Å². The molecule has 0 saturated heterocycles. The van der Waals surface area contributed by atoms with Gasteiger partial charge in [0.05, 0.1) is 6.33 Å². The average molecular weight is 463 g/mol. The fourth-order valence-electron chi connectivity index (χ4n) is 1.61. The number of carbonyl (C=O) groups is 3. The molecule has 0 aromatic carbocycles. The Kier molecular flexibility index (Phi) is 15.6. The number of Topliss-reactive ketones (excluding diaryl/α,β-unsaturated/α-hetero) is 1. The number of nitrogens with two attached hydrogens (primary N) is 2. The summed E-state index contributed by atoms with van der Waals surface area (Å²) < 4.78 is 13.0. The minimum atomic E-state index is -0.713.